The Morgan fingerprint density at radius 1 is 1.18 bits per heavy atom. The molecule has 184 valence electrons. The van der Waals surface area contributed by atoms with Gasteiger partial charge in [0.15, 0.2) is 6.10 Å². The molecule has 1 atom stereocenters. The number of nitrogens with zero attached hydrogens (tertiary/aromatic N) is 1. The van der Waals surface area contributed by atoms with Gasteiger partial charge >= 0.3 is 17.8 Å². The molecule has 8 nitrogen and oxygen atoms in total. The zero-order valence-electron chi connectivity index (χ0n) is 19.4. The summed E-state index contributed by atoms with van der Waals surface area (Å²) in [6.45, 7) is 5.72. The van der Waals surface area contributed by atoms with Crippen LogP contribution >= 0.6 is 11.6 Å². The summed E-state index contributed by atoms with van der Waals surface area (Å²) in [5, 5.41) is 11.4. The molecule has 0 fully saturated rings. The Morgan fingerprint density at radius 2 is 1.82 bits per heavy atom. The number of ether oxygens (including phenoxy) is 2. The number of carbonyl (C=O) groups is 3. The van der Waals surface area contributed by atoms with Gasteiger partial charge < -0.3 is 14.6 Å². The van der Waals surface area contributed by atoms with Crippen LogP contribution in [0.2, 0.25) is 5.02 Å². The van der Waals surface area contributed by atoms with E-state index in [9.17, 15) is 23.9 Å². The van der Waals surface area contributed by atoms with Gasteiger partial charge in [-0.1, -0.05) is 41.9 Å². The van der Waals surface area contributed by atoms with Crippen molar-refractivity contribution in [2.45, 2.75) is 45.9 Å². The number of rotatable bonds is 8. The third kappa shape index (κ3) is 8.09. The minimum Gasteiger partial charge on any atom is -0.464 e. The minimum absolute atomic E-state index is 0.0398. The molecule has 34 heavy (non-hydrogen) atoms. The lowest BCUT2D eigenvalue weighted by molar-refractivity contribution is -0.166. The van der Waals surface area contributed by atoms with E-state index in [1.807, 2.05) is 0 Å². The van der Waals surface area contributed by atoms with Crippen LogP contribution in [0, 0.1) is 5.82 Å². The second-order valence-corrected chi connectivity index (χ2v) is 8.79. The van der Waals surface area contributed by atoms with E-state index in [4.69, 9.17) is 21.1 Å². The van der Waals surface area contributed by atoms with Crippen molar-refractivity contribution in [3.8, 4) is 11.1 Å². The fraction of sp³-hybridized carbons (Fsp3) is 0.375. The lowest BCUT2D eigenvalue weighted by atomic mass is 10.0. The first-order chi connectivity index (χ1) is 15.9. The topological polar surface area (TPSA) is 105 Å². The van der Waals surface area contributed by atoms with E-state index in [1.54, 1.807) is 58.0 Å². The molecule has 0 aromatic heterocycles. The molecule has 0 saturated heterocycles. The van der Waals surface area contributed by atoms with Crippen molar-refractivity contribution in [1.82, 2.24) is 10.4 Å². The zero-order chi connectivity index (χ0) is 25.5. The summed E-state index contributed by atoms with van der Waals surface area (Å²) in [5.41, 5.74) is 2.52. The van der Waals surface area contributed by atoms with E-state index in [-0.39, 0.29) is 29.3 Å². The van der Waals surface area contributed by atoms with Gasteiger partial charge in [0.1, 0.15) is 11.4 Å². The smallest absolute Gasteiger partial charge is 0.398 e. The Balaban J connectivity index is 2.28. The molecule has 2 rings (SSSR count). The van der Waals surface area contributed by atoms with Crippen LogP contribution in [0.15, 0.2) is 42.5 Å². The van der Waals surface area contributed by atoms with Gasteiger partial charge in [-0.2, -0.15) is 0 Å². The van der Waals surface area contributed by atoms with Crippen LogP contribution in [0.3, 0.4) is 0 Å². The quantitative estimate of drug-likeness (QED) is 0.329. The van der Waals surface area contributed by atoms with E-state index in [0.29, 0.717) is 5.56 Å². The number of aliphatic hydroxyl groups is 1. The number of carbonyl (C=O) groups excluding carboxylic acids is 3. The summed E-state index contributed by atoms with van der Waals surface area (Å²) in [6.07, 6.45) is -1.65. The highest BCUT2D eigenvalue weighted by Gasteiger charge is 2.27. The molecule has 0 spiro atoms. The predicted octanol–water partition coefficient (Wildman–Crippen LogP) is 3.25. The van der Waals surface area contributed by atoms with Gasteiger partial charge in [0.25, 0.3) is 0 Å². The van der Waals surface area contributed by atoms with E-state index in [1.165, 1.54) is 12.1 Å². The lowest BCUT2D eigenvalue weighted by Gasteiger charge is -2.26. The van der Waals surface area contributed by atoms with Gasteiger partial charge in [-0.3, -0.25) is 10.2 Å². The minimum atomic E-state index is -1.65. The maximum Gasteiger partial charge on any atom is 0.398 e. The molecule has 10 heteroatoms. The predicted molar refractivity (Wildman–Crippen MR) is 124 cm³/mol. The SMILES string of the molecule is CCOC(=O)[C@H](O)CN(Cc1cc(F)c(-c2ccccc2)cc1Cl)NC(=O)C(=O)OC(C)(C)C. The Kier molecular flexibility index (Phi) is 9.55. The summed E-state index contributed by atoms with van der Waals surface area (Å²) in [6, 6.07) is 11.4. The third-order valence-corrected chi connectivity index (χ3v) is 4.73. The van der Waals surface area contributed by atoms with Crippen LogP contribution in [0.4, 0.5) is 4.39 Å². The van der Waals surface area contributed by atoms with Gasteiger partial charge in [-0.25, -0.2) is 19.0 Å². The highest BCUT2D eigenvalue weighted by atomic mass is 35.5. The number of amides is 1. The van der Waals surface area contributed by atoms with Crippen LogP contribution in [0.5, 0.6) is 0 Å². The molecule has 2 N–H and O–H groups in total. The number of nitrogens with one attached hydrogen (secondary N) is 1. The van der Waals surface area contributed by atoms with Crippen LogP contribution < -0.4 is 5.43 Å². The maximum absolute atomic E-state index is 14.9. The average Bonchev–Trinajstić information content (AvgIpc) is 2.75. The molecular weight excluding hydrogens is 467 g/mol. The van der Waals surface area contributed by atoms with Crippen molar-refractivity contribution in [2.75, 3.05) is 13.2 Å². The summed E-state index contributed by atoms with van der Waals surface area (Å²) in [4.78, 5) is 36.3. The van der Waals surface area contributed by atoms with E-state index >= 15 is 0 Å². The molecule has 0 aliphatic heterocycles. The lowest BCUT2D eigenvalue weighted by Crippen LogP contribution is -2.50. The van der Waals surface area contributed by atoms with E-state index < -0.39 is 41.9 Å². The molecular formula is C24H28ClFN2O6. The van der Waals surface area contributed by atoms with Gasteiger partial charge in [0.05, 0.1) is 13.2 Å². The number of halogens is 2. The zero-order valence-corrected chi connectivity index (χ0v) is 20.2. The summed E-state index contributed by atoms with van der Waals surface area (Å²) in [7, 11) is 0. The van der Waals surface area contributed by atoms with Crippen LogP contribution in [-0.2, 0) is 30.4 Å². The Bertz CT molecular complexity index is 1030. The summed E-state index contributed by atoms with van der Waals surface area (Å²) >= 11 is 6.38. The molecule has 0 aliphatic rings. The molecule has 0 saturated carbocycles. The summed E-state index contributed by atoms with van der Waals surface area (Å²) in [5.74, 6) is -3.78. The highest BCUT2D eigenvalue weighted by Crippen LogP contribution is 2.29. The van der Waals surface area contributed by atoms with Crippen LogP contribution in [0.25, 0.3) is 11.1 Å². The largest absolute Gasteiger partial charge is 0.464 e. The molecule has 0 unspecified atom stereocenters. The van der Waals surface area contributed by atoms with Gasteiger partial charge in [0, 0.05) is 17.1 Å². The highest BCUT2D eigenvalue weighted by molar-refractivity contribution is 6.32. The maximum atomic E-state index is 14.9. The fourth-order valence-corrected chi connectivity index (χ4v) is 3.16. The molecule has 0 radical (unpaired) electrons. The van der Waals surface area contributed by atoms with Crippen molar-refractivity contribution >= 4 is 29.4 Å². The second-order valence-electron chi connectivity index (χ2n) is 8.38. The first kappa shape index (κ1) is 27.2. The normalized spacial score (nSPS) is 12.2. The number of benzene rings is 2. The van der Waals surface area contributed by atoms with Crippen molar-refractivity contribution in [1.29, 1.82) is 0 Å². The molecule has 2 aromatic carbocycles. The number of aliphatic hydroxyl groups excluding tert-OH is 1. The molecule has 2 aromatic rings. The molecule has 0 aliphatic carbocycles. The standard InChI is InChI=1S/C24H28ClFN2O6/c1-5-33-22(31)20(29)14-28(27-21(30)23(32)34-24(2,3)4)13-16-11-19(26)17(12-18(16)25)15-9-7-6-8-10-15/h6-12,20,29H,5,13-14H2,1-4H3,(H,27,30)/t20-/m1/s1. The molecule has 1 amide bonds. The number of esters is 2. The van der Waals surface area contributed by atoms with Crippen molar-refractivity contribution in [3.05, 3.63) is 58.9 Å². The molecule has 0 bridgehead atoms. The van der Waals surface area contributed by atoms with Gasteiger partial charge in [-0.15, -0.1) is 0 Å². The van der Waals surface area contributed by atoms with Gasteiger partial charge in [0.2, 0.25) is 0 Å². The van der Waals surface area contributed by atoms with Crippen molar-refractivity contribution in [3.63, 3.8) is 0 Å². The molecule has 0 heterocycles. The van der Waals surface area contributed by atoms with Crippen molar-refractivity contribution < 1.29 is 33.4 Å². The fourth-order valence-electron chi connectivity index (χ4n) is 2.94. The monoisotopic (exact) mass is 494 g/mol. The number of hydrogen-bond acceptors (Lipinski definition) is 7. The number of hydrogen-bond donors (Lipinski definition) is 2. The van der Waals surface area contributed by atoms with Crippen molar-refractivity contribution in [2.24, 2.45) is 0 Å². The Labute approximate surface area is 202 Å². The Hall–Kier alpha value is -3.01. The van der Waals surface area contributed by atoms with Crippen LogP contribution in [0.1, 0.15) is 33.3 Å². The second kappa shape index (κ2) is 11.9. The third-order valence-electron chi connectivity index (χ3n) is 4.38. The van der Waals surface area contributed by atoms with Gasteiger partial charge in [-0.05, 0) is 51.0 Å². The van der Waals surface area contributed by atoms with Crippen LogP contribution in [-0.4, -0.2) is 52.8 Å². The first-order valence-corrected chi connectivity index (χ1v) is 11.0. The van der Waals surface area contributed by atoms with E-state index in [2.05, 4.69) is 5.43 Å². The first-order valence-electron chi connectivity index (χ1n) is 10.6. The number of hydrazine groups is 1. The average molecular weight is 495 g/mol. The summed E-state index contributed by atoms with van der Waals surface area (Å²) < 4.78 is 24.7. The Morgan fingerprint density at radius 3 is 2.41 bits per heavy atom. The van der Waals surface area contributed by atoms with E-state index in [0.717, 1.165) is 5.01 Å².